The van der Waals surface area contributed by atoms with E-state index in [9.17, 15) is 4.79 Å². The van der Waals surface area contributed by atoms with Gasteiger partial charge in [0.1, 0.15) is 0 Å². The molecule has 7 heteroatoms. The number of fused-ring (bicyclic) bond motifs is 1. The first-order chi connectivity index (χ1) is 10.3. The molecule has 2 aromatic rings. The minimum Gasteiger partial charge on any atom is -1.00 e. The van der Waals surface area contributed by atoms with Crippen LogP contribution in [0, 0.1) is 0 Å². The standard InChI is InChI=1S/C16H20N4O.2ClH/c17-10-3-1-2-9-15(21)20-19-12-14-7-4-6-13-8-5-11-18-16(13)14;;/h4-8,11-12H,1-3,9-10,17H2,(H,20,21);2*1H. The summed E-state index contributed by atoms with van der Waals surface area (Å²) in [7, 11) is 0. The normalized spacial score (nSPS) is 10.1. The zero-order chi connectivity index (χ0) is 14.9. The summed E-state index contributed by atoms with van der Waals surface area (Å²) in [5.74, 6) is -0.0523. The van der Waals surface area contributed by atoms with Gasteiger partial charge in [0.25, 0.3) is 0 Å². The first kappa shape index (κ1) is 21.3. The highest BCUT2D eigenvalue weighted by atomic mass is 35.5. The van der Waals surface area contributed by atoms with Crippen LogP contribution in [0.5, 0.6) is 0 Å². The first-order valence-electron chi connectivity index (χ1n) is 7.26. The molecule has 0 atom stereocenters. The molecule has 23 heavy (non-hydrogen) atoms. The van der Waals surface area contributed by atoms with Gasteiger partial charge in [-0.05, 0) is 25.3 Å². The van der Waals surface area contributed by atoms with Crippen LogP contribution in [0.15, 0.2) is 41.6 Å². The highest BCUT2D eigenvalue weighted by Gasteiger charge is 2.01. The lowest BCUT2D eigenvalue weighted by molar-refractivity contribution is -0.368. The second-order valence-electron chi connectivity index (χ2n) is 4.88. The summed E-state index contributed by atoms with van der Waals surface area (Å²) in [6.45, 7) is 0.924. The SMILES string of the molecule is Cl.[Cl-].[NH3+]CCCCCC(=O)NN=Cc1cccc2cccnc12. The Hall–Kier alpha value is -1.69. The van der Waals surface area contributed by atoms with E-state index in [1.54, 1.807) is 12.4 Å². The van der Waals surface area contributed by atoms with E-state index < -0.39 is 0 Å². The van der Waals surface area contributed by atoms with Crippen molar-refractivity contribution in [1.82, 2.24) is 10.4 Å². The van der Waals surface area contributed by atoms with E-state index in [1.807, 2.05) is 30.3 Å². The van der Waals surface area contributed by atoms with Gasteiger partial charge in [0, 0.05) is 23.6 Å². The van der Waals surface area contributed by atoms with E-state index in [2.05, 4.69) is 21.2 Å². The van der Waals surface area contributed by atoms with Gasteiger partial charge < -0.3 is 18.1 Å². The van der Waals surface area contributed by atoms with Crippen molar-refractivity contribution in [2.24, 2.45) is 5.10 Å². The molecule has 1 aromatic carbocycles. The van der Waals surface area contributed by atoms with Crippen molar-refractivity contribution in [1.29, 1.82) is 0 Å². The van der Waals surface area contributed by atoms with Crippen molar-refractivity contribution in [3.8, 4) is 0 Å². The molecule has 5 nitrogen and oxygen atoms in total. The van der Waals surface area contributed by atoms with Crippen LogP contribution in [0.4, 0.5) is 0 Å². The van der Waals surface area contributed by atoms with Gasteiger partial charge in [-0.15, -0.1) is 12.4 Å². The topological polar surface area (TPSA) is 82.0 Å². The lowest BCUT2D eigenvalue weighted by Gasteiger charge is -2.01. The Bertz CT molecular complexity index is 629. The fourth-order valence-electron chi connectivity index (χ4n) is 2.10. The number of quaternary nitrogens is 1. The van der Waals surface area contributed by atoms with Gasteiger partial charge in [-0.2, -0.15) is 5.10 Å². The fourth-order valence-corrected chi connectivity index (χ4v) is 2.10. The van der Waals surface area contributed by atoms with E-state index in [0.717, 1.165) is 42.3 Å². The average Bonchev–Trinajstić information content (AvgIpc) is 2.52. The van der Waals surface area contributed by atoms with Crippen LogP contribution < -0.4 is 23.6 Å². The van der Waals surface area contributed by atoms with Crippen molar-refractivity contribution in [2.75, 3.05) is 6.54 Å². The molecule has 0 aliphatic carbocycles. The Morgan fingerprint density at radius 2 is 2.00 bits per heavy atom. The highest BCUT2D eigenvalue weighted by molar-refractivity contribution is 5.97. The number of amides is 1. The summed E-state index contributed by atoms with van der Waals surface area (Å²) < 4.78 is 0. The molecule has 0 spiro atoms. The van der Waals surface area contributed by atoms with Crippen LogP contribution in [-0.2, 0) is 4.79 Å². The second-order valence-corrected chi connectivity index (χ2v) is 4.88. The predicted octanol–water partition coefficient (Wildman–Crippen LogP) is -1.09. The summed E-state index contributed by atoms with van der Waals surface area (Å²) in [4.78, 5) is 15.9. The number of hydrazone groups is 1. The summed E-state index contributed by atoms with van der Waals surface area (Å²) in [6, 6.07) is 9.78. The Morgan fingerprint density at radius 1 is 1.22 bits per heavy atom. The molecule has 0 unspecified atom stereocenters. The number of aromatic nitrogens is 1. The minimum absolute atomic E-state index is 0. The molecule has 0 saturated carbocycles. The first-order valence-corrected chi connectivity index (χ1v) is 7.26. The number of pyridine rings is 1. The highest BCUT2D eigenvalue weighted by Crippen LogP contribution is 2.13. The van der Waals surface area contributed by atoms with Crippen LogP contribution in [0.1, 0.15) is 31.2 Å². The largest absolute Gasteiger partial charge is 1.00 e. The number of benzene rings is 1. The zero-order valence-electron chi connectivity index (χ0n) is 12.9. The van der Waals surface area contributed by atoms with Gasteiger partial charge in [0.05, 0.1) is 18.3 Å². The molecular weight excluding hydrogens is 335 g/mol. The monoisotopic (exact) mass is 356 g/mol. The van der Waals surface area contributed by atoms with Crippen LogP contribution >= 0.6 is 12.4 Å². The Morgan fingerprint density at radius 3 is 2.78 bits per heavy atom. The maximum absolute atomic E-state index is 11.6. The fraction of sp³-hybridized carbons (Fsp3) is 0.312. The van der Waals surface area contributed by atoms with Gasteiger partial charge in [-0.3, -0.25) is 9.78 Å². The van der Waals surface area contributed by atoms with Crippen molar-refractivity contribution in [2.45, 2.75) is 25.7 Å². The molecule has 1 amide bonds. The smallest absolute Gasteiger partial charge is 0.240 e. The number of hydrogen-bond acceptors (Lipinski definition) is 3. The number of nitrogens with zero attached hydrogens (tertiary/aromatic N) is 2. The molecule has 0 saturated heterocycles. The third kappa shape index (κ3) is 6.95. The molecule has 0 aliphatic rings. The number of carbonyl (C=O) groups is 1. The average molecular weight is 357 g/mol. The van der Waals surface area contributed by atoms with Gasteiger partial charge in [0.2, 0.25) is 5.91 Å². The minimum atomic E-state index is -0.0523. The van der Waals surface area contributed by atoms with Gasteiger partial charge in [-0.1, -0.05) is 24.3 Å². The Kier molecular flexibility index (Phi) is 11.0. The molecule has 1 aromatic heterocycles. The number of rotatable bonds is 7. The Balaban J connectivity index is 0.00000242. The van der Waals surface area contributed by atoms with Crippen molar-refractivity contribution < 1.29 is 22.9 Å². The number of para-hydroxylation sites is 1. The molecule has 0 fully saturated rings. The van der Waals surface area contributed by atoms with Crippen LogP contribution in [0.3, 0.4) is 0 Å². The van der Waals surface area contributed by atoms with E-state index >= 15 is 0 Å². The van der Waals surface area contributed by atoms with Gasteiger partial charge in [-0.25, -0.2) is 5.43 Å². The molecule has 2 rings (SSSR count). The Labute approximate surface area is 148 Å². The van der Waals surface area contributed by atoms with Gasteiger partial charge >= 0.3 is 0 Å². The van der Waals surface area contributed by atoms with Gasteiger partial charge in [0.15, 0.2) is 0 Å². The summed E-state index contributed by atoms with van der Waals surface area (Å²) in [5, 5.41) is 5.07. The van der Waals surface area contributed by atoms with Crippen molar-refractivity contribution >= 4 is 35.4 Å². The van der Waals surface area contributed by atoms with E-state index in [1.165, 1.54) is 0 Å². The molecule has 0 aliphatic heterocycles. The number of carbonyl (C=O) groups excluding carboxylic acids is 1. The number of unbranched alkanes of at least 4 members (excludes halogenated alkanes) is 2. The third-order valence-corrected chi connectivity index (χ3v) is 3.21. The van der Waals surface area contributed by atoms with E-state index in [-0.39, 0.29) is 30.7 Å². The molecule has 4 N–H and O–H groups in total. The van der Waals surface area contributed by atoms with E-state index in [4.69, 9.17) is 0 Å². The number of halogens is 2. The summed E-state index contributed by atoms with van der Waals surface area (Å²) in [6.07, 6.45) is 6.88. The van der Waals surface area contributed by atoms with E-state index in [0.29, 0.717) is 6.42 Å². The van der Waals surface area contributed by atoms with Crippen LogP contribution in [0.2, 0.25) is 0 Å². The quantitative estimate of drug-likeness (QED) is 0.375. The third-order valence-electron chi connectivity index (χ3n) is 3.21. The maximum atomic E-state index is 11.6. The molecule has 126 valence electrons. The van der Waals surface area contributed by atoms with Crippen LogP contribution in [0.25, 0.3) is 10.9 Å². The number of nitrogens with one attached hydrogen (secondary N) is 1. The summed E-state index contributed by atoms with van der Waals surface area (Å²) in [5.41, 5.74) is 8.12. The van der Waals surface area contributed by atoms with Crippen molar-refractivity contribution in [3.05, 3.63) is 42.1 Å². The molecule has 1 heterocycles. The molecule has 0 bridgehead atoms. The molecular formula is C16H22Cl2N4O. The predicted molar refractivity (Wildman–Crippen MR) is 91.0 cm³/mol. The lowest BCUT2D eigenvalue weighted by Crippen LogP contribution is -3.00. The van der Waals surface area contributed by atoms with Crippen LogP contribution in [-0.4, -0.2) is 23.7 Å². The maximum Gasteiger partial charge on any atom is 0.240 e. The summed E-state index contributed by atoms with van der Waals surface area (Å²) >= 11 is 0. The molecule has 0 radical (unpaired) electrons. The second kappa shape index (κ2) is 11.8. The number of hydrogen-bond donors (Lipinski definition) is 2. The lowest BCUT2D eigenvalue weighted by atomic mass is 10.1. The zero-order valence-corrected chi connectivity index (χ0v) is 14.4. The van der Waals surface area contributed by atoms with Crippen molar-refractivity contribution in [3.63, 3.8) is 0 Å².